The van der Waals surface area contributed by atoms with Gasteiger partial charge in [-0.2, -0.15) is 0 Å². The van der Waals surface area contributed by atoms with Crippen LogP contribution in [0.2, 0.25) is 0 Å². The van der Waals surface area contributed by atoms with Crippen molar-refractivity contribution < 1.29 is 36.7 Å². The number of carbonyl (C=O) groups excluding carboxylic acids is 4. The standard InChI is InChI=1S/C37H43FN8O7S/c1-3-25-33(43-29-17-23(38)11-12-26(29)41-25)53-24-18-30-32(48)44-37(35(50)45-54(51,52)36(2)14-15-36)19-22(37)9-7-5-4-6-8-10-28(34(49)46(30)20-24)42-31(47)27-13-16-39-21-40-27/h7,9,11-13,16-17,21-22,24,28,30H,3-6,8,10,14-15,18-20H2,1-2H3,(H,42,47)(H,44,48)(H,45,50)/b9-7-/t22?,24-,28+,30+,37-/m1/s1. The normalized spacial score (nSPS) is 27.4. The molecule has 4 heterocycles. The van der Waals surface area contributed by atoms with Crippen LogP contribution < -0.4 is 20.1 Å². The zero-order valence-corrected chi connectivity index (χ0v) is 30.9. The average molecular weight is 763 g/mol. The Kier molecular flexibility index (Phi) is 10.1. The fourth-order valence-electron chi connectivity index (χ4n) is 7.13. The molecule has 4 amide bonds. The third-order valence-electron chi connectivity index (χ3n) is 10.9. The van der Waals surface area contributed by atoms with Crippen molar-refractivity contribution in [2.24, 2.45) is 5.92 Å². The van der Waals surface area contributed by atoms with E-state index < -0.39 is 73.9 Å². The fourth-order valence-corrected chi connectivity index (χ4v) is 8.45. The lowest BCUT2D eigenvalue weighted by molar-refractivity contribution is -0.141. The van der Waals surface area contributed by atoms with Crippen LogP contribution in [0.3, 0.4) is 0 Å². The molecular formula is C37H43FN8O7S. The van der Waals surface area contributed by atoms with Gasteiger partial charge >= 0.3 is 0 Å². The van der Waals surface area contributed by atoms with Gasteiger partial charge < -0.3 is 20.3 Å². The molecule has 0 spiro atoms. The molecule has 4 aliphatic rings. The van der Waals surface area contributed by atoms with Gasteiger partial charge in [0.1, 0.15) is 47.3 Å². The van der Waals surface area contributed by atoms with Crippen molar-refractivity contribution in [1.82, 2.24) is 40.2 Å². The predicted octanol–water partition coefficient (Wildman–Crippen LogP) is 2.66. The van der Waals surface area contributed by atoms with E-state index in [-0.39, 0.29) is 42.9 Å². The summed E-state index contributed by atoms with van der Waals surface area (Å²) < 4.78 is 47.9. The molecule has 2 aromatic heterocycles. The van der Waals surface area contributed by atoms with E-state index in [9.17, 15) is 32.0 Å². The summed E-state index contributed by atoms with van der Waals surface area (Å²) in [6, 6.07) is 3.27. The van der Waals surface area contributed by atoms with E-state index >= 15 is 0 Å². The largest absolute Gasteiger partial charge is 0.471 e. The quantitative estimate of drug-likeness (QED) is 0.285. The summed E-state index contributed by atoms with van der Waals surface area (Å²) >= 11 is 0. The summed E-state index contributed by atoms with van der Waals surface area (Å²) in [7, 11) is -4.01. The molecule has 5 atom stereocenters. The molecule has 17 heteroatoms. The molecule has 2 aliphatic carbocycles. The second kappa shape index (κ2) is 14.6. The van der Waals surface area contributed by atoms with Crippen molar-refractivity contribution in [3.05, 3.63) is 66.1 Å². The van der Waals surface area contributed by atoms with Gasteiger partial charge in [-0.15, -0.1) is 0 Å². The molecule has 0 radical (unpaired) electrons. The minimum atomic E-state index is -4.01. The van der Waals surface area contributed by atoms with E-state index in [2.05, 4.69) is 35.3 Å². The molecule has 7 rings (SSSR count). The number of sulfonamides is 1. The van der Waals surface area contributed by atoms with Gasteiger partial charge in [0.15, 0.2) is 0 Å². The van der Waals surface area contributed by atoms with Crippen LogP contribution in [0.5, 0.6) is 5.88 Å². The van der Waals surface area contributed by atoms with Crippen molar-refractivity contribution in [2.45, 2.75) is 107 Å². The molecule has 54 heavy (non-hydrogen) atoms. The SMILES string of the molecule is CCc1nc2ccc(F)cc2nc1O[C@@H]1C[C@H]2C(=O)N[C@]3(C(=O)NS(=O)(=O)C4(C)CC4)CC3/C=C\CCCCC[C@H](NC(=O)c3ccncn3)C(=O)N2C1. The lowest BCUT2D eigenvalue weighted by atomic mass is 10.0. The molecule has 2 aliphatic heterocycles. The minimum Gasteiger partial charge on any atom is -0.471 e. The van der Waals surface area contributed by atoms with Crippen LogP contribution in [0.15, 0.2) is 48.9 Å². The van der Waals surface area contributed by atoms with Gasteiger partial charge in [0.2, 0.25) is 27.7 Å². The van der Waals surface area contributed by atoms with Crippen LogP contribution in [-0.2, 0) is 30.8 Å². The number of ether oxygens (including phenoxy) is 1. The Hall–Kier alpha value is -5.06. The van der Waals surface area contributed by atoms with E-state index in [1.54, 1.807) is 6.92 Å². The van der Waals surface area contributed by atoms with Gasteiger partial charge in [-0.25, -0.2) is 32.7 Å². The third kappa shape index (κ3) is 7.50. The molecular weight excluding hydrogens is 720 g/mol. The van der Waals surface area contributed by atoms with Gasteiger partial charge in [-0.1, -0.05) is 31.9 Å². The van der Waals surface area contributed by atoms with Gasteiger partial charge in [-0.05, 0) is 70.1 Å². The Labute approximate surface area is 312 Å². The monoisotopic (exact) mass is 762 g/mol. The summed E-state index contributed by atoms with van der Waals surface area (Å²) in [5.41, 5.74) is -0.239. The number of hydrogen-bond donors (Lipinski definition) is 3. The number of benzene rings is 1. The molecule has 1 aromatic carbocycles. The maximum absolute atomic E-state index is 14.5. The topological polar surface area (TPSA) is 203 Å². The first-order valence-electron chi connectivity index (χ1n) is 18.4. The van der Waals surface area contributed by atoms with Gasteiger partial charge in [-0.3, -0.25) is 23.9 Å². The number of nitrogens with zero attached hydrogens (tertiary/aromatic N) is 5. The first-order valence-corrected chi connectivity index (χ1v) is 19.9. The highest BCUT2D eigenvalue weighted by Gasteiger charge is 2.63. The number of amides is 4. The molecule has 286 valence electrons. The number of allylic oxidation sites excluding steroid dienone is 1. The Morgan fingerprint density at radius 3 is 2.67 bits per heavy atom. The number of hydrogen-bond acceptors (Lipinski definition) is 11. The van der Waals surface area contributed by atoms with Crippen LogP contribution in [0.25, 0.3) is 11.0 Å². The third-order valence-corrected chi connectivity index (χ3v) is 13.0. The molecule has 3 aromatic rings. The van der Waals surface area contributed by atoms with Crippen LogP contribution in [-0.4, -0.2) is 91.9 Å². The number of halogens is 1. The average Bonchev–Trinajstić information content (AvgIpc) is 4.03. The zero-order valence-electron chi connectivity index (χ0n) is 30.1. The first-order chi connectivity index (χ1) is 25.8. The maximum Gasteiger partial charge on any atom is 0.270 e. The molecule has 2 saturated carbocycles. The number of nitrogens with one attached hydrogen (secondary N) is 3. The number of aryl methyl sites for hydroxylation is 1. The van der Waals surface area contributed by atoms with Crippen LogP contribution in [0.4, 0.5) is 4.39 Å². The lowest BCUT2D eigenvalue weighted by Crippen LogP contribution is -2.58. The second-order valence-electron chi connectivity index (χ2n) is 14.8. The number of carbonyl (C=O) groups is 4. The van der Waals surface area contributed by atoms with Crippen molar-refractivity contribution >= 4 is 44.7 Å². The van der Waals surface area contributed by atoms with Gasteiger partial charge in [0.05, 0.1) is 22.3 Å². The molecule has 1 unspecified atom stereocenters. The molecule has 0 bridgehead atoms. The van der Waals surface area contributed by atoms with E-state index in [0.717, 1.165) is 12.8 Å². The highest BCUT2D eigenvalue weighted by molar-refractivity contribution is 7.91. The van der Waals surface area contributed by atoms with E-state index in [1.165, 1.54) is 41.7 Å². The Balaban J connectivity index is 1.21. The predicted molar refractivity (Wildman–Crippen MR) is 193 cm³/mol. The summed E-state index contributed by atoms with van der Waals surface area (Å²) in [5.74, 6) is -3.45. The van der Waals surface area contributed by atoms with E-state index in [0.29, 0.717) is 43.3 Å². The zero-order chi connectivity index (χ0) is 38.3. The van der Waals surface area contributed by atoms with E-state index in [4.69, 9.17) is 4.74 Å². The summed E-state index contributed by atoms with van der Waals surface area (Å²) in [4.78, 5) is 74.3. The molecule has 15 nitrogen and oxygen atoms in total. The number of aromatic nitrogens is 4. The molecule has 1 saturated heterocycles. The van der Waals surface area contributed by atoms with Crippen molar-refractivity contribution in [2.75, 3.05) is 6.54 Å². The highest BCUT2D eigenvalue weighted by Crippen LogP contribution is 2.47. The number of fused-ring (bicyclic) bond motifs is 3. The Morgan fingerprint density at radius 1 is 1.11 bits per heavy atom. The number of rotatable bonds is 8. The second-order valence-corrected chi connectivity index (χ2v) is 17.0. The Bertz CT molecular complexity index is 2120. The van der Waals surface area contributed by atoms with Crippen LogP contribution >= 0.6 is 0 Å². The highest BCUT2D eigenvalue weighted by atomic mass is 32.2. The van der Waals surface area contributed by atoms with Gasteiger partial charge in [0, 0.05) is 24.6 Å². The summed E-state index contributed by atoms with van der Waals surface area (Å²) in [6.45, 7) is 3.35. The van der Waals surface area contributed by atoms with Crippen LogP contribution in [0, 0.1) is 11.7 Å². The molecule has 3 fully saturated rings. The Morgan fingerprint density at radius 2 is 1.93 bits per heavy atom. The fraction of sp³-hybridized carbons (Fsp3) is 0.514. The first kappa shape index (κ1) is 37.3. The minimum absolute atomic E-state index is 0.0231. The summed E-state index contributed by atoms with van der Waals surface area (Å²) in [6.07, 6.45) is 10.1. The van der Waals surface area contributed by atoms with E-state index in [1.807, 2.05) is 19.1 Å². The van der Waals surface area contributed by atoms with Gasteiger partial charge in [0.25, 0.3) is 11.8 Å². The smallest absolute Gasteiger partial charge is 0.270 e. The maximum atomic E-state index is 14.5. The van der Waals surface area contributed by atoms with Crippen LogP contribution in [0.1, 0.15) is 87.8 Å². The van der Waals surface area contributed by atoms with Crippen molar-refractivity contribution in [3.63, 3.8) is 0 Å². The van der Waals surface area contributed by atoms with Crippen molar-refractivity contribution in [3.8, 4) is 5.88 Å². The lowest BCUT2D eigenvalue weighted by Gasteiger charge is -2.30. The van der Waals surface area contributed by atoms with Crippen molar-refractivity contribution in [1.29, 1.82) is 0 Å². The summed E-state index contributed by atoms with van der Waals surface area (Å²) in [5, 5.41) is 5.66. The molecule has 3 N–H and O–H groups in total.